The normalized spacial score (nSPS) is 21.2. The Bertz CT molecular complexity index is 560. The average molecular weight is 272 g/mol. The third-order valence-corrected chi connectivity index (χ3v) is 4.31. The molecule has 1 unspecified atom stereocenters. The number of nitrogens with zero attached hydrogens (tertiary/aromatic N) is 2. The Morgan fingerprint density at radius 2 is 2.20 bits per heavy atom. The molecule has 1 aromatic carbocycles. The van der Waals surface area contributed by atoms with Crippen molar-refractivity contribution in [3.8, 4) is 0 Å². The summed E-state index contributed by atoms with van der Waals surface area (Å²) in [6.45, 7) is 7.01. The van der Waals surface area contributed by atoms with Crippen molar-refractivity contribution in [3.63, 3.8) is 0 Å². The molecule has 0 radical (unpaired) electrons. The molecule has 0 amide bonds. The predicted molar refractivity (Wildman–Crippen MR) is 84.1 cm³/mol. The molecule has 1 aromatic heterocycles. The van der Waals surface area contributed by atoms with Gasteiger partial charge in [-0.3, -0.25) is 5.10 Å². The molecule has 1 aliphatic rings. The van der Waals surface area contributed by atoms with E-state index in [1.807, 2.05) is 6.20 Å². The van der Waals surface area contributed by atoms with E-state index in [0.717, 1.165) is 5.52 Å². The van der Waals surface area contributed by atoms with Gasteiger partial charge in [-0.25, -0.2) is 0 Å². The summed E-state index contributed by atoms with van der Waals surface area (Å²) < 4.78 is 0. The highest BCUT2D eigenvalue weighted by Gasteiger charge is 2.18. The van der Waals surface area contributed by atoms with Gasteiger partial charge in [0.15, 0.2) is 0 Å². The van der Waals surface area contributed by atoms with Crippen LogP contribution < -0.4 is 5.32 Å². The zero-order valence-electron chi connectivity index (χ0n) is 12.4. The summed E-state index contributed by atoms with van der Waals surface area (Å²) in [5.41, 5.74) is 2.30. The van der Waals surface area contributed by atoms with Crippen molar-refractivity contribution in [2.45, 2.75) is 45.2 Å². The Morgan fingerprint density at radius 3 is 3.05 bits per heavy atom. The van der Waals surface area contributed by atoms with Crippen molar-refractivity contribution in [1.82, 2.24) is 15.1 Å². The van der Waals surface area contributed by atoms with E-state index < -0.39 is 0 Å². The van der Waals surface area contributed by atoms with E-state index in [-0.39, 0.29) is 0 Å². The number of rotatable bonds is 3. The number of hydrogen-bond donors (Lipinski definition) is 2. The fourth-order valence-electron chi connectivity index (χ4n) is 3.04. The Morgan fingerprint density at radius 1 is 1.30 bits per heavy atom. The van der Waals surface area contributed by atoms with Crippen LogP contribution in [0.3, 0.4) is 0 Å². The minimum Gasteiger partial charge on any atom is -0.382 e. The fourth-order valence-corrected chi connectivity index (χ4v) is 3.04. The van der Waals surface area contributed by atoms with Crippen LogP contribution in [0.2, 0.25) is 0 Å². The van der Waals surface area contributed by atoms with Gasteiger partial charge in [0, 0.05) is 29.7 Å². The molecule has 3 rings (SSSR count). The third kappa shape index (κ3) is 2.96. The van der Waals surface area contributed by atoms with Crippen molar-refractivity contribution in [1.29, 1.82) is 0 Å². The molecule has 1 atom stereocenters. The first-order valence-corrected chi connectivity index (χ1v) is 7.66. The first-order valence-electron chi connectivity index (χ1n) is 7.66. The van der Waals surface area contributed by atoms with Crippen LogP contribution in [0.25, 0.3) is 10.9 Å². The molecule has 2 heterocycles. The lowest BCUT2D eigenvalue weighted by molar-refractivity contribution is 0.230. The smallest absolute Gasteiger partial charge is 0.0670 e. The summed E-state index contributed by atoms with van der Waals surface area (Å²) in [6.07, 6.45) is 5.62. The van der Waals surface area contributed by atoms with Crippen LogP contribution in [0.15, 0.2) is 24.4 Å². The maximum atomic E-state index is 4.07. The van der Waals surface area contributed by atoms with Crippen LogP contribution >= 0.6 is 0 Å². The van der Waals surface area contributed by atoms with E-state index in [4.69, 9.17) is 0 Å². The van der Waals surface area contributed by atoms with Crippen LogP contribution in [-0.4, -0.2) is 40.3 Å². The molecule has 108 valence electrons. The number of likely N-dealkylation sites (tertiary alicyclic amines) is 1. The minimum absolute atomic E-state index is 0.583. The number of anilines is 1. The molecule has 4 nitrogen and oxygen atoms in total. The number of hydrogen-bond acceptors (Lipinski definition) is 3. The second kappa shape index (κ2) is 5.83. The van der Waals surface area contributed by atoms with Gasteiger partial charge in [0.05, 0.1) is 11.7 Å². The van der Waals surface area contributed by atoms with Gasteiger partial charge in [0.25, 0.3) is 0 Å². The van der Waals surface area contributed by atoms with Crippen molar-refractivity contribution in [2.75, 3.05) is 18.4 Å². The zero-order valence-corrected chi connectivity index (χ0v) is 12.4. The Balaban J connectivity index is 1.65. The van der Waals surface area contributed by atoms with E-state index in [0.29, 0.717) is 12.1 Å². The topological polar surface area (TPSA) is 44.0 Å². The van der Waals surface area contributed by atoms with Crippen molar-refractivity contribution in [3.05, 3.63) is 24.4 Å². The summed E-state index contributed by atoms with van der Waals surface area (Å²) in [4.78, 5) is 2.58. The molecule has 1 fully saturated rings. The highest BCUT2D eigenvalue weighted by atomic mass is 15.1. The molecule has 0 saturated carbocycles. The Hall–Kier alpha value is -1.55. The maximum absolute atomic E-state index is 4.07. The second-order valence-corrected chi connectivity index (χ2v) is 6.07. The first-order chi connectivity index (χ1) is 9.72. The number of H-pyrrole nitrogens is 1. The Kier molecular flexibility index (Phi) is 3.92. The standard InChI is InChI=1S/C16H24N4/c1-12(2)20-8-3-4-14(7-9-20)18-15-6-5-13-11-17-19-16(13)10-15/h5-6,10-12,14,18H,3-4,7-9H2,1-2H3,(H,17,19). The lowest BCUT2D eigenvalue weighted by Gasteiger charge is -2.24. The average Bonchev–Trinajstić information content (AvgIpc) is 2.76. The number of benzene rings is 1. The summed E-state index contributed by atoms with van der Waals surface area (Å²) in [6, 6.07) is 7.68. The van der Waals surface area contributed by atoms with Crippen LogP contribution in [0.5, 0.6) is 0 Å². The summed E-state index contributed by atoms with van der Waals surface area (Å²) >= 11 is 0. The van der Waals surface area contributed by atoms with Crippen molar-refractivity contribution >= 4 is 16.6 Å². The van der Waals surface area contributed by atoms with Gasteiger partial charge in [-0.2, -0.15) is 5.10 Å². The first kappa shape index (κ1) is 13.4. The number of nitrogens with one attached hydrogen (secondary N) is 2. The van der Waals surface area contributed by atoms with Crippen molar-refractivity contribution in [2.24, 2.45) is 0 Å². The number of fused-ring (bicyclic) bond motifs is 1. The highest BCUT2D eigenvalue weighted by Crippen LogP contribution is 2.21. The Labute approximate surface area is 120 Å². The maximum Gasteiger partial charge on any atom is 0.0670 e. The molecular formula is C16H24N4. The lowest BCUT2D eigenvalue weighted by atomic mass is 10.1. The van der Waals surface area contributed by atoms with Gasteiger partial charge in [0.2, 0.25) is 0 Å². The summed E-state index contributed by atoms with van der Waals surface area (Å²) in [5, 5.41) is 12.0. The van der Waals surface area contributed by atoms with Gasteiger partial charge in [0.1, 0.15) is 0 Å². The van der Waals surface area contributed by atoms with Crippen LogP contribution in [-0.2, 0) is 0 Å². The lowest BCUT2D eigenvalue weighted by Crippen LogP contribution is -2.32. The predicted octanol–water partition coefficient (Wildman–Crippen LogP) is 3.24. The van der Waals surface area contributed by atoms with Crippen molar-refractivity contribution < 1.29 is 0 Å². The minimum atomic E-state index is 0.583. The summed E-state index contributed by atoms with van der Waals surface area (Å²) in [7, 11) is 0. The van der Waals surface area contributed by atoms with Crippen LogP contribution in [0.4, 0.5) is 5.69 Å². The molecule has 0 aliphatic carbocycles. The van der Waals surface area contributed by atoms with Gasteiger partial charge < -0.3 is 10.2 Å². The monoisotopic (exact) mass is 272 g/mol. The molecule has 0 spiro atoms. The molecular weight excluding hydrogens is 248 g/mol. The molecule has 2 aromatic rings. The third-order valence-electron chi connectivity index (χ3n) is 4.31. The molecule has 1 aliphatic heterocycles. The molecule has 4 heteroatoms. The van der Waals surface area contributed by atoms with E-state index in [9.17, 15) is 0 Å². The van der Waals surface area contributed by atoms with E-state index in [1.54, 1.807) is 0 Å². The molecule has 2 N–H and O–H groups in total. The zero-order chi connectivity index (χ0) is 13.9. The van der Waals surface area contributed by atoms with E-state index in [2.05, 4.69) is 52.5 Å². The quantitative estimate of drug-likeness (QED) is 0.901. The van der Waals surface area contributed by atoms with E-state index >= 15 is 0 Å². The SMILES string of the molecule is CC(C)N1CCCC(Nc2ccc3cn[nH]c3c2)CC1. The van der Waals surface area contributed by atoms with Gasteiger partial charge in [-0.05, 0) is 57.9 Å². The van der Waals surface area contributed by atoms with Crippen LogP contribution in [0, 0.1) is 0 Å². The van der Waals surface area contributed by atoms with Crippen LogP contribution in [0.1, 0.15) is 33.1 Å². The van der Waals surface area contributed by atoms with Gasteiger partial charge in [-0.15, -0.1) is 0 Å². The van der Waals surface area contributed by atoms with Gasteiger partial charge >= 0.3 is 0 Å². The number of aromatic amines is 1. The molecule has 0 bridgehead atoms. The van der Waals surface area contributed by atoms with E-state index in [1.165, 1.54) is 43.4 Å². The second-order valence-electron chi connectivity index (χ2n) is 6.07. The molecule has 20 heavy (non-hydrogen) atoms. The van der Waals surface area contributed by atoms with Gasteiger partial charge in [-0.1, -0.05) is 0 Å². The molecule has 1 saturated heterocycles. The number of aromatic nitrogens is 2. The fraction of sp³-hybridized carbons (Fsp3) is 0.562. The highest BCUT2D eigenvalue weighted by molar-refractivity contribution is 5.81. The summed E-state index contributed by atoms with van der Waals surface area (Å²) in [5.74, 6) is 0. The largest absolute Gasteiger partial charge is 0.382 e.